The largest absolute Gasteiger partial charge is 0.382 e. The molecule has 0 aliphatic carbocycles. The van der Waals surface area contributed by atoms with Crippen LogP contribution in [-0.4, -0.2) is 32.8 Å². The minimum absolute atomic E-state index is 0.383. The molecule has 0 amide bonds. The summed E-state index contributed by atoms with van der Waals surface area (Å²) in [5.74, 6) is 1.02. The van der Waals surface area contributed by atoms with Crippen molar-refractivity contribution in [3.8, 4) is 0 Å². The highest BCUT2D eigenvalue weighted by molar-refractivity contribution is 9.10. The van der Waals surface area contributed by atoms with Gasteiger partial charge >= 0.3 is 0 Å². The molecule has 0 aliphatic heterocycles. The van der Waals surface area contributed by atoms with E-state index >= 15 is 0 Å². The summed E-state index contributed by atoms with van der Waals surface area (Å²) in [4.78, 5) is 0. The second kappa shape index (κ2) is 9.79. The van der Waals surface area contributed by atoms with Crippen molar-refractivity contribution in [2.75, 3.05) is 32.8 Å². The molecule has 1 aromatic carbocycles. The molecule has 0 N–H and O–H groups in total. The Kier molecular flexibility index (Phi) is 8.68. The second-order valence-corrected chi connectivity index (χ2v) is 5.28. The summed E-state index contributed by atoms with van der Waals surface area (Å²) >= 11 is 9.63. The SMILES string of the molecule is COCCOCCCC(CCl)c1ccccc1Br. The van der Waals surface area contributed by atoms with E-state index in [2.05, 4.69) is 34.1 Å². The van der Waals surface area contributed by atoms with Crippen molar-refractivity contribution in [1.29, 1.82) is 0 Å². The maximum Gasteiger partial charge on any atom is 0.0700 e. The fraction of sp³-hybridized carbons (Fsp3) is 0.571. The molecule has 1 aromatic rings. The molecule has 0 saturated heterocycles. The van der Waals surface area contributed by atoms with E-state index in [9.17, 15) is 0 Å². The number of ether oxygens (including phenoxy) is 2. The topological polar surface area (TPSA) is 18.5 Å². The second-order valence-electron chi connectivity index (χ2n) is 4.12. The van der Waals surface area contributed by atoms with Gasteiger partial charge in [0.05, 0.1) is 13.2 Å². The fourth-order valence-corrected chi connectivity index (χ4v) is 2.73. The van der Waals surface area contributed by atoms with E-state index in [4.69, 9.17) is 21.1 Å². The highest BCUT2D eigenvalue weighted by Crippen LogP contribution is 2.29. The smallest absolute Gasteiger partial charge is 0.0700 e. The summed E-state index contributed by atoms with van der Waals surface area (Å²) < 4.78 is 11.5. The lowest BCUT2D eigenvalue weighted by molar-refractivity contribution is 0.0683. The minimum atomic E-state index is 0.383. The van der Waals surface area contributed by atoms with Crippen LogP contribution in [0.15, 0.2) is 28.7 Å². The lowest BCUT2D eigenvalue weighted by Crippen LogP contribution is -2.06. The Balaban J connectivity index is 2.32. The molecular weight excluding hydrogens is 316 g/mol. The lowest BCUT2D eigenvalue weighted by Gasteiger charge is -2.16. The maximum absolute atomic E-state index is 6.05. The van der Waals surface area contributed by atoms with Gasteiger partial charge in [0.2, 0.25) is 0 Å². The van der Waals surface area contributed by atoms with E-state index in [1.807, 2.05) is 6.07 Å². The number of hydrogen-bond donors (Lipinski definition) is 0. The van der Waals surface area contributed by atoms with E-state index < -0.39 is 0 Å². The molecule has 0 spiro atoms. The van der Waals surface area contributed by atoms with Gasteiger partial charge in [0.1, 0.15) is 0 Å². The third-order valence-electron chi connectivity index (χ3n) is 2.80. The van der Waals surface area contributed by atoms with Gasteiger partial charge in [-0.3, -0.25) is 0 Å². The summed E-state index contributed by atoms with van der Waals surface area (Å²) in [7, 11) is 1.68. The third-order valence-corrected chi connectivity index (χ3v) is 3.90. The predicted octanol–water partition coefficient (Wildman–Crippen LogP) is 4.21. The Hall–Kier alpha value is -0.0900. The molecule has 0 aliphatic rings. The van der Waals surface area contributed by atoms with Crippen LogP contribution < -0.4 is 0 Å². The molecule has 0 saturated carbocycles. The first-order valence-corrected chi connectivity index (χ1v) is 7.49. The van der Waals surface area contributed by atoms with Gasteiger partial charge in [-0.25, -0.2) is 0 Å². The number of alkyl halides is 1. The van der Waals surface area contributed by atoms with Crippen LogP contribution in [0.1, 0.15) is 24.3 Å². The van der Waals surface area contributed by atoms with Crippen LogP contribution in [0.2, 0.25) is 0 Å². The van der Waals surface area contributed by atoms with Crippen molar-refractivity contribution in [1.82, 2.24) is 0 Å². The predicted molar refractivity (Wildman–Crippen MR) is 79.5 cm³/mol. The first-order chi connectivity index (χ1) is 8.79. The normalized spacial score (nSPS) is 12.6. The molecule has 0 fully saturated rings. The molecule has 1 unspecified atom stereocenters. The fourth-order valence-electron chi connectivity index (χ4n) is 1.80. The lowest BCUT2D eigenvalue weighted by atomic mass is 9.96. The van der Waals surface area contributed by atoms with Gasteiger partial charge in [-0.1, -0.05) is 34.1 Å². The molecule has 0 radical (unpaired) electrons. The van der Waals surface area contributed by atoms with Crippen molar-refractivity contribution < 1.29 is 9.47 Å². The summed E-state index contributed by atoms with van der Waals surface area (Å²) in [6.45, 7) is 2.08. The van der Waals surface area contributed by atoms with E-state index in [-0.39, 0.29) is 0 Å². The average molecular weight is 336 g/mol. The van der Waals surface area contributed by atoms with Crippen LogP contribution in [-0.2, 0) is 9.47 Å². The van der Waals surface area contributed by atoms with Crippen LogP contribution in [0.25, 0.3) is 0 Å². The van der Waals surface area contributed by atoms with Crippen LogP contribution in [0.4, 0.5) is 0 Å². The Bertz CT molecular complexity index is 333. The molecule has 1 atom stereocenters. The van der Waals surface area contributed by atoms with Gasteiger partial charge in [0.15, 0.2) is 0 Å². The quantitative estimate of drug-likeness (QED) is 0.497. The number of hydrogen-bond acceptors (Lipinski definition) is 2. The Morgan fingerprint density at radius 3 is 2.67 bits per heavy atom. The van der Waals surface area contributed by atoms with Gasteiger partial charge in [-0.05, 0) is 30.4 Å². The van der Waals surface area contributed by atoms with Crippen LogP contribution >= 0.6 is 27.5 Å². The minimum Gasteiger partial charge on any atom is -0.382 e. The molecular formula is C14H20BrClO2. The van der Waals surface area contributed by atoms with E-state index in [0.717, 1.165) is 23.9 Å². The highest BCUT2D eigenvalue weighted by atomic mass is 79.9. The average Bonchev–Trinajstić information content (AvgIpc) is 2.39. The number of methoxy groups -OCH3 is 1. The van der Waals surface area contributed by atoms with Gasteiger partial charge in [0.25, 0.3) is 0 Å². The summed E-state index contributed by atoms with van der Waals surface area (Å²) in [6, 6.07) is 8.26. The van der Waals surface area contributed by atoms with Crippen molar-refractivity contribution in [2.45, 2.75) is 18.8 Å². The molecule has 0 bridgehead atoms. The van der Waals surface area contributed by atoms with Crippen molar-refractivity contribution in [3.63, 3.8) is 0 Å². The maximum atomic E-state index is 6.05. The van der Waals surface area contributed by atoms with Gasteiger partial charge < -0.3 is 9.47 Å². The highest BCUT2D eigenvalue weighted by Gasteiger charge is 2.12. The monoisotopic (exact) mass is 334 g/mol. The Labute approximate surface area is 123 Å². The van der Waals surface area contributed by atoms with Crippen LogP contribution in [0, 0.1) is 0 Å². The van der Waals surface area contributed by atoms with Gasteiger partial charge in [0, 0.05) is 24.1 Å². The number of rotatable bonds is 9. The molecule has 4 heteroatoms. The number of benzene rings is 1. The Morgan fingerprint density at radius 1 is 1.22 bits per heavy atom. The molecule has 2 nitrogen and oxygen atoms in total. The summed E-state index contributed by atoms with van der Waals surface area (Å²) in [5.41, 5.74) is 1.28. The molecule has 102 valence electrons. The molecule has 0 aromatic heterocycles. The van der Waals surface area contributed by atoms with Crippen molar-refractivity contribution >= 4 is 27.5 Å². The molecule has 1 rings (SSSR count). The van der Waals surface area contributed by atoms with Gasteiger partial charge in [-0.2, -0.15) is 0 Å². The Morgan fingerprint density at radius 2 is 2.00 bits per heavy atom. The number of halogens is 2. The van der Waals surface area contributed by atoms with Crippen LogP contribution in [0.5, 0.6) is 0 Å². The van der Waals surface area contributed by atoms with E-state index in [1.165, 1.54) is 5.56 Å². The van der Waals surface area contributed by atoms with E-state index in [1.54, 1.807) is 7.11 Å². The first-order valence-electron chi connectivity index (χ1n) is 6.16. The zero-order valence-electron chi connectivity index (χ0n) is 10.7. The summed E-state index contributed by atoms with van der Waals surface area (Å²) in [5, 5.41) is 0. The zero-order valence-corrected chi connectivity index (χ0v) is 13.0. The standard InChI is InChI=1S/C14H20BrClO2/c1-17-9-10-18-8-4-5-12(11-16)13-6-2-3-7-14(13)15/h2-3,6-7,12H,4-5,8-11H2,1H3. The third kappa shape index (κ3) is 5.70. The van der Waals surface area contributed by atoms with Crippen molar-refractivity contribution in [2.24, 2.45) is 0 Å². The molecule has 18 heavy (non-hydrogen) atoms. The zero-order chi connectivity index (χ0) is 13.2. The first kappa shape index (κ1) is 16.0. The molecule has 0 heterocycles. The summed E-state index contributed by atoms with van der Waals surface area (Å²) in [6.07, 6.45) is 2.06. The van der Waals surface area contributed by atoms with Gasteiger partial charge in [-0.15, -0.1) is 11.6 Å². The van der Waals surface area contributed by atoms with Crippen LogP contribution in [0.3, 0.4) is 0 Å². The van der Waals surface area contributed by atoms with E-state index in [0.29, 0.717) is 25.0 Å². The van der Waals surface area contributed by atoms with Crippen molar-refractivity contribution in [3.05, 3.63) is 34.3 Å².